The highest BCUT2D eigenvalue weighted by Crippen LogP contribution is 2.24. The van der Waals surface area contributed by atoms with Crippen LogP contribution in [0.15, 0.2) is 53.7 Å². The van der Waals surface area contributed by atoms with Gasteiger partial charge in [-0.1, -0.05) is 35.5 Å². The zero-order valence-electron chi connectivity index (χ0n) is 14.7. The molecule has 2 aromatic carbocycles. The Labute approximate surface area is 151 Å². The van der Waals surface area contributed by atoms with Crippen molar-refractivity contribution in [1.82, 2.24) is 4.90 Å². The summed E-state index contributed by atoms with van der Waals surface area (Å²) in [5, 5.41) is 3.88. The fourth-order valence-corrected chi connectivity index (χ4v) is 2.93. The molecule has 0 saturated heterocycles. The Morgan fingerprint density at radius 1 is 1.27 bits per heavy atom. The van der Waals surface area contributed by atoms with E-state index in [4.69, 9.17) is 4.84 Å². The van der Waals surface area contributed by atoms with Gasteiger partial charge in [-0.2, -0.15) is 0 Å². The summed E-state index contributed by atoms with van der Waals surface area (Å²) in [6.45, 7) is 1.96. The van der Waals surface area contributed by atoms with Crippen LogP contribution in [0.4, 0.5) is 8.78 Å². The largest absolute Gasteiger partial charge is 0.391 e. The molecule has 2 aromatic rings. The van der Waals surface area contributed by atoms with E-state index in [1.54, 1.807) is 11.9 Å². The lowest BCUT2D eigenvalue weighted by molar-refractivity contribution is -0.134. The van der Waals surface area contributed by atoms with Crippen LogP contribution in [0.2, 0.25) is 0 Å². The molecule has 0 radical (unpaired) electrons. The van der Waals surface area contributed by atoms with E-state index in [9.17, 15) is 13.6 Å². The number of rotatable bonds is 5. The average molecular weight is 358 g/mol. The number of oxime groups is 1. The molecule has 0 bridgehead atoms. The molecule has 1 aliphatic rings. The molecule has 0 aromatic heterocycles. The molecule has 0 saturated carbocycles. The normalized spacial score (nSPS) is 17.4. The fraction of sp³-hybridized carbons (Fsp3) is 0.300. The maximum absolute atomic E-state index is 13.9. The van der Waals surface area contributed by atoms with Gasteiger partial charge in [-0.05, 0) is 24.6 Å². The molecular formula is C20H20F2N2O2. The van der Waals surface area contributed by atoms with Crippen molar-refractivity contribution in [3.63, 3.8) is 0 Å². The second-order valence-electron chi connectivity index (χ2n) is 6.39. The molecule has 2 atom stereocenters. The van der Waals surface area contributed by atoms with Crippen LogP contribution in [-0.4, -0.2) is 29.7 Å². The number of carbonyl (C=O) groups excluding carboxylic acids is 1. The van der Waals surface area contributed by atoms with Gasteiger partial charge in [0.1, 0.15) is 17.7 Å². The molecule has 4 nitrogen and oxygen atoms in total. The minimum atomic E-state index is -0.686. The molecule has 0 aliphatic carbocycles. The van der Waals surface area contributed by atoms with E-state index in [0.29, 0.717) is 12.1 Å². The van der Waals surface area contributed by atoms with E-state index in [1.165, 1.54) is 12.1 Å². The van der Waals surface area contributed by atoms with E-state index in [2.05, 4.69) is 5.16 Å². The highest BCUT2D eigenvalue weighted by atomic mass is 19.1. The Morgan fingerprint density at radius 3 is 2.69 bits per heavy atom. The highest BCUT2D eigenvalue weighted by Gasteiger charge is 2.28. The number of benzene rings is 2. The summed E-state index contributed by atoms with van der Waals surface area (Å²) >= 11 is 0. The van der Waals surface area contributed by atoms with Crippen molar-refractivity contribution in [3.05, 3.63) is 71.3 Å². The molecule has 1 heterocycles. The van der Waals surface area contributed by atoms with Gasteiger partial charge in [0.2, 0.25) is 5.91 Å². The molecule has 0 N–H and O–H groups in total. The van der Waals surface area contributed by atoms with Crippen molar-refractivity contribution in [1.29, 1.82) is 0 Å². The lowest BCUT2D eigenvalue weighted by Crippen LogP contribution is -2.32. The first-order chi connectivity index (χ1) is 12.5. The van der Waals surface area contributed by atoms with Crippen LogP contribution in [0.1, 0.15) is 36.9 Å². The van der Waals surface area contributed by atoms with Crippen molar-refractivity contribution in [2.45, 2.75) is 31.9 Å². The molecule has 3 rings (SSSR count). The van der Waals surface area contributed by atoms with Crippen molar-refractivity contribution >= 4 is 11.6 Å². The van der Waals surface area contributed by atoms with Gasteiger partial charge in [-0.25, -0.2) is 8.78 Å². The molecule has 0 spiro atoms. The fourth-order valence-electron chi connectivity index (χ4n) is 2.93. The SMILES string of the molecule is CC(c1ccccc1)N(C)C(=O)CC1CC(c2ccc(F)cc2F)=NO1. The summed E-state index contributed by atoms with van der Waals surface area (Å²) in [5.74, 6) is -1.41. The van der Waals surface area contributed by atoms with Crippen LogP contribution in [0, 0.1) is 11.6 Å². The second kappa shape index (κ2) is 7.64. The Bertz CT molecular complexity index is 824. The highest BCUT2D eigenvalue weighted by molar-refractivity contribution is 6.01. The number of carbonyl (C=O) groups is 1. The Hall–Kier alpha value is -2.76. The first kappa shape index (κ1) is 18.0. The van der Waals surface area contributed by atoms with Gasteiger partial charge in [-0.3, -0.25) is 4.79 Å². The number of hydrogen-bond donors (Lipinski definition) is 0. The lowest BCUT2D eigenvalue weighted by atomic mass is 10.0. The minimum absolute atomic E-state index is 0.0694. The summed E-state index contributed by atoms with van der Waals surface area (Å²) in [6, 6.07) is 13.0. The van der Waals surface area contributed by atoms with E-state index in [0.717, 1.165) is 11.6 Å². The van der Waals surface area contributed by atoms with Gasteiger partial charge >= 0.3 is 0 Å². The van der Waals surface area contributed by atoms with Crippen molar-refractivity contribution in [3.8, 4) is 0 Å². The smallest absolute Gasteiger partial charge is 0.226 e. The number of nitrogens with zero attached hydrogens (tertiary/aromatic N) is 2. The van der Waals surface area contributed by atoms with E-state index < -0.39 is 17.7 Å². The average Bonchev–Trinajstić information content (AvgIpc) is 3.09. The summed E-state index contributed by atoms with van der Waals surface area (Å²) in [6.07, 6.45) is -0.00176. The summed E-state index contributed by atoms with van der Waals surface area (Å²) < 4.78 is 26.9. The molecule has 1 aliphatic heterocycles. The summed E-state index contributed by atoms with van der Waals surface area (Å²) in [7, 11) is 1.75. The molecule has 6 heteroatoms. The molecule has 2 unspecified atom stereocenters. The first-order valence-electron chi connectivity index (χ1n) is 8.44. The first-order valence-corrected chi connectivity index (χ1v) is 8.44. The standard InChI is InChI=1S/C20H20F2N2O2/c1-13(14-6-4-3-5-7-14)24(2)20(25)12-16-11-19(23-26-16)17-9-8-15(21)10-18(17)22/h3-10,13,16H,11-12H2,1-2H3. The van der Waals surface area contributed by atoms with Gasteiger partial charge in [0.05, 0.1) is 18.2 Å². The number of amides is 1. The maximum atomic E-state index is 13.9. The lowest BCUT2D eigenvalue weighted by Gasteiger charge is -2.26. The monoisotopic (exact) mass is 358 g/mol. The Morgan fingerprint density at radius 2 is 2.00 bits per heavy atom. The molecule has 26 heavy (non-hydrogen) atoms. The second-order valence-corrected chi connectivity index (χ2v) is 6.39. The van der Waals surface area contributed by atoms with Crippen LogP contribution in [0.25, 0.3) is 0 Å². The number of hydrogen-bond acceptors (Lipinski definition) is 3. The predicted molar refractivity (Wildman–Crippen MR) is 94.6 cm³/mol. The van der Waals surface area contributed by atoms with Gasteiger partial charge in [0, 0.05) is 25.1 Å². The quantitative estimate of drug-likeness (QED) is 0.809. The van der Waals surface area contributed by atoms with Gasteiger partial charge in [-0.15, -0.1) is 0 Å². The van der Waals surface area contributed by atoms with Crippen LogP contribution in [0.5, 0.6) is 0 Å². The van der Waals surface area contributed by atoms with Crippen LogP contribution in [-0.2, 0) is 9.63 Å². The Balaban J connectivity index is 1.59. The number of halogens is 2. The third-order valence-corrected chi connectivity index (χ3v) is 4.63. The van der Waals surface area contributed by atoms with E-state index in [1.807, 2.05) is 37.3 Å². The van der Waals surface area contributed by atoms with Crippen LogP contribution in [0.3, 0.4) is 0 Å². The Kier molecular flexibility index (Phi) is 5.30. The summed E-state index contributed by atoms with van der Waals surface area (Å²) in [4.78, 5) is 19.5. The maximum Gasteiger partial charge on any atom is 0.226 e. The van der Waals surface area contributed by atoms with Gasteiger partial charge in [0.25, 0.3) is 0 Å². The van der Waals surface area contributed by atoms with Gasteiger partial charge in [0.15, 0.2) is 0 Å². The molecule has 136 valence electrons. The van der Waals surface area contributed by atoms with Crippen molar-refractivity contribution in [2.75, 3.05) is 7.05 Å². The van der Waals surface area contributed by atoms with Crippen LogP contribution >= 0.6 is 0 Å². The van der Waals surface area contributed by atoms with Crippen LogP contribution < -0.4 is 0 Å². The zero-order valence-corrected chi connectivity index (χ0v) is 14.7. The molecule has 1 amide bonds. The molecular weight excluding hydrogens is 338 g/mol. The minimum Gasteiger partial charge on any atom is -0.391 e. The van der Waals surface area contributed by atoms with Gasteiger partial charge < -0.3 is 9.74 Å². The van der Waals surface area contributed by atoms with E-state index in [-0.39, 0.29) is 23.9 Å². The third kappa shape index (κ3) is 3.90. The van der Waals surface area contributed by atoms with Crippen molar-refractivity contribution < 1.29 is 18.4 Å². The zero-order chi connectivity index (χ0) is 18.7. The predicted octanol–water partition coefficient (Wildman–Crippen LogP) is 4.07. The topological polar surface area (TPSA) is 41.9 Å². The van der Waals surface area contributed by atoms with E-state index >= 15 is 0 Å². The molecule has 0 fully saturated rings. The van der Waals surface area contributed by atoms with Crippen molar-refractivity contribution in [2.24, 2.45) is 5.16 Å². The summed E-state index contributed by atoms with van der Waals surface area (Å²) in [5.41, 5.74) is 1.63. The third-order valence-electron chi connectivity index (χ3n) is 4.63.